The summed E-state index contributed by atoms with van der Waals surface area (Å²) in [5.74, 6) is -0.604. The van der Waals surface area contributed by atoms with Gasteiger partial charge in [-0.15, -0.1) is 0 Å². The van der Waals surface area contributed by atoms with Crippen molar-refractivity contribution in [3.63, 3.8) is 0 Å². The third-order valence-corrected chi connectivity index (χ3v) is 7.22. The first-order valence-corrected chi connectivity index (χ1v) is 16.5. The summed E-state index contributed by atoms with van der Waals surface area (Å²) >= 11 is 0. The predicted octanol–water partition coefficient (Wildman–Crippen LogP) is 4.22. The van der Waals surface area contributed by atoms with Crippen molar-refractivity contribution in [2.75, 3.05) is 43.6 Å². The Bertz CT molecular complexity index is 1620. The van der Waals surface area contributed by atoms with Gasteiger partial charge in [0.15, 0.2) is 12.6 Å². The first kappa shape index (κ1) is 38.3. The van der Waals surface area contributed by atoms with Crippen molar-refractivity contribution < 1.29 is 41.7 Å². The van der Waals surface area contributed by atoms with Crippen LogP contribution in [0.15, 0.2) is 47.5 Å². The minimum absolute atomic E-state index is 0.0480. The van der Waals surface area contributed by atoms with E-state index in [1.165, 1.54) is 18.2 Å². The Morgan fingerprint density at radius 2 is 1.73 bits per heavy atom. The molecular weight excluding hydrogens is 675 g/mol. The minimum atomic E-state index is -4.62. The van der Waals surface area contributed by atoms with Crippen LogP contribution < -0.4 is 41.6 Å². The molecule has 3 heterocycles. The van der Waals surface area contributed by atoms with Crippen LogP contribution in [0.1, 0.15) is 61.4 Å². The molecule has 0 radical (unpaired) electrons. The fourth-order valence-corrected chi connectivity index (χ4v) is 4.78. The number of guanidine groups is 1. The molecule has 3 aromatic rings. The van der Waals surface area contributed by atoms with E-state index in [0.29, 0.717) is 30.9 Å². The van der Waals surface area contributed by atoms with Crippen LogP contribution >= 0.6 is 0 Å². The molecule has 6 bridgehead atoms. The molecule has 0 saturated heterocycles. The molecule has 51 heavy (non-hydrogen) atoms. The smallest absolute Gasteiger partial charge is 0.422 e. The Balaban J connectivity index is 1.61. The summed E-state index contributed by atoms with van der Waals surface area (Å²) < 4.78 is 60.8. The van der Waals surface area contributed by atoms with Crippen LogP contribution in [0.25, 0.3) is 0 Å². The number of fused-ring (bicyclic) bond motifs is 10. The van der Waals surface area contributed by atoms with E-state index in [4.69, 9.17) is 30.4 Å². The first-order chi connectivity index (χ1) is 24.5. The van der Waals surface area contributed by atoms with Crippen molar-refractivity contribution in [1.29, 1.82) is 0 Å². The summed E-state index contributed by atoms with van der Waals surface area (Å²) in [4.78, 5) is 42.5. The van der Waals surface area contributed by atoms with Crippen LogP contribution in [0.5, 0.6) is 17.5 Å². The van der Waals surface area contributed by atoms with Crippen LogP contribution in [0.4, 0.5) is 30.8 Å². The molecule has 1 atom stereocenters. The number of nitrogens with one attached hydrogen (secondary N) is 3. The van der Waals surface area contributed by atoms with Gasteiger partial charge in [-0.1, -0.05) is 12.1 Å². The second-order valence-electron chi connectivity index (χ2n) is 11.3. The van der Waals surface area contributed by atoms with Crippen molar-refractivity contribution in [3.8, 4) is 17.5 Å². The maximum absolute atomic E-state index is 13.6. The second-order valence-corrected chi connectivity index (χ2v) is 11.3. The summed E-state index contributed by atoms with van der Waals surface area (Å²) in [6, 6.07) is 10.3. The number of anilines is 3. The maximum Gasteiger partial charge on any atom is 0.422 e. The van der Waals surface area contributed by atoms with Gasteiger partial charge in [0.05, 0.1) is 25.4 Å². The van der Waals surface area contributed by atoms with Gasteiger partial charge in [0, 0.05) is 24.8 Å². The fraction of sp³-hybridized carbons (Fsp3) is 0.455. The molecule has 0 fully saturated rings. The van der Waals surface area contributed by atoms with E-state index in [2.05, 4.69) is 35.9 Å². The topological polar surface area (TPSA) is 210 Å². The Labute approximate surface area is 292 Å². The highest BCUT2D eigenvalue weighted by Crippen LogP contribution is 2.27. The molecule has 15 nitrogen and oxygen atoms in total. The number of esters is 1. The van der Waals surface area contributed by atoms with Crippen LogP contribution in [0, 0.1) is 0 Å². The Kier molecular flexibility index (Phi) is 14.3. The molecule has 0 spiro atoms. The van der Waals surface area contributed by atoms with Gasteiger partial charge in [-0.3, -0.25) is 9.79 Å². The molecule has 2 aliphatic heterocycles. The summed E-state index contributed by atoms with van der Waals surface area (Å²) in [7, 11) is 0. The number of ether oxygens (including phenoxy) is 4. The lowest BCUT2D eigenvalue weighted by Crippen LogP contribution is -2.42. The predicted molar refractivity (Wildman–Crippen MR) is 182 cm³/mol. The molecular formula is C33H42F3N9O6. The van der Waals surface area contributed by atoms with E-state index >= 15 is 0 Å². The first-order valence-electron chi connectivity index (χ1n) is 16.5. The summed E-state index contributed by atoms with van der Waals surface area (Å²) in [5, 5.41) is 8.64. The number of benzene rings is 2. The van der Waals surface area contributed by atoms with Gasteiger partial charge >= 0.3 is 18.2 Å². The number of hydrogen-bond acceptors (Lipinski definition) is 12. The second kappa shape index (κ2) is 19.0. The van der Waals surface area contributed by atoms with Crippen LogP contribution in [-0.4, -0.2) is 78.0 Å². The lowest BCUT2D eigenvalue weighted by Gasteiger charge is -2.19. The molecule has 2 aromatic carbocycles. The number of halogens is 3. The molecule has 2 aliphatic rings. The lowest BCUT2D eigenvalue weighted by molar-refractivity contribution is -0.154. The van der Waals surface area contributed by atoms with Gasteiger partial charge in [-0.25, -0.2) is 4.79 Å². The van der Waals surface area contributed by atoms with Crippen molar-refractivity contribution in [1.82, 2.24) is 20.3 Å². The van der Waals surface area contributed by atoms with Gasteiger partial charge in [0.25, 0.3) is 5.91 Å². The molecule has 1 unspecified atom stereocenters. The average Bonchev–Trinajstić information content (AvgIpc) is 3.08. The molecule has 18 heteroatoms. The van der Waals surface area contributed by atoms with E-state index in [9.17, 15) is 22.8 Å². The number of rotatable bonds is 10. The third kappa shape index (κ3) is 13.4. The van der Waals surface area contributed by atoms with E-state index in [0.717, 1.165) is 24.8 Å². The number of carbonyl (C=O) groups is 2. The Morgan fingerprint density at radius 3 is 2.43 bits per heavy atom. The zero-order valence-electron chi connectivity index (χ0n) is 28.1. The highest BCUT2D eigenvalue weighted by molar-refractivity contribution is 5.99. The number of carbonyl (C=O) groups excluding carboxylic acids is 2. The average molecular weight is 718 g/mol. The van der Waals surface area contributed by atoms with Crippen LogP contribution in [0.3, 0.4) is 0 Å². The van der Waals surface area contributed by atoms with Crippen molar-refractivity contribution >= 4 is 35.4 Å². The number of alkyl halides is 3. The summed E-state index contributed by atoms with van der Waals surface area (Å²) in [6.45, 7) is 1.44. The monoisotopic (exact) mass is 717 g/mol. The Morgan fingerprint density at radius 1 is 1.00 bits per heavy atom. The van der Waals surface area contributed by atoms with E-state index < -0.39 is 36.7 Å². The lowest BCUT2D eigenvalue weighted by atomic mass is 10.1. The van der Waals surface area contributed by atoms with E-state index in [1.54, 1.807) is 6.92 Å². The minimum Gasteiger partial charge on any atom is -0.494 e. The quantitative estimate of drug-likeness (QED) is 0.0862. The van der Waals surface area contributed by atoms with Crippen molar-refractivity contribution in [2.24, 2.45) is 16.5 Å². The summed E-state index contributed by atoms with van der Waals surface area (Å²) in [5.41, 5.74) is 12.1. The Hall–Kier alpha value is -5.55. The van der Waals surface area contributed by atoms with Gasteiger partial charge < -0.3 is 46.4 Å². The number of nitrogens with zero attached hydrogens (tertiary/aromatic N) is 4. The largest absolute Gasteiger partial charge is 0.494 e. The number of aliphatic imine (C=N–C) groups is 1. The van der Waals surface area contributed by atoms with Crippen molar-refractivity contribution in [3.05, 3.63) is 53.6 Å². The SMILES string of the molecule is CCOC(=O)C(CCCN=C(N)N)NC(=O)c1ccc2cc1OCCCCCCOc1ccc(cc1)CNc1nc(nc(OCC(F)(F)F)n1)N2. The maximum atomic E-state index is 13.6. The molecule has 5 rings (SSSR count). The molecule has 1 amide bonds. The highest BCUT2D eigenvalue weighted by atomic mass is 19.4. The number of aromatic nitrogens is 3. The molecule has 276 valence electrons. The molecule has 0 aliphatic carbocycles. The number of hydrogen-bond donors (Lipinski definition) is 5. The van der Waals surface area contributed by atoms with Gasteiger partial charge in [-0.05, 0) is 75.3 Å². The fourth-order valence-electron chi connectivity index (χ4n) is 4.78. The van der Waals surface area contributed by atoms with E-state index in [-0.39, 0.29) is 61.9 Å². The molecule has 1 aromatic heterocycles. The normalized spacial score (nSPS) is 14.2. The van der Waals surface area contributed by atoms with Crippen molar-refractivity contribution in [2.45, 2.75) is 64.2 Å². The van der Waals surface area contributed by atoms with E-state index in [1.807, 2.05) is 24.3 Å². The van der Waals surface area contributed by atoms with Gasteiger partial charge in [0.1, 0.15) is 17.5 Å². The molecule has 7 N–H and O–H groups in total. The standard InChI is InChI=1S/C33H42F3N9O6/c1-2-48-28(47)25(8-7-15-39-29(37)38)42-27(46)24-14-11-22-18-26(24)50-17-6-4-3-5-16-49-23-12-9-21(10-13-23)19-40-30-43-31(41-22)45-32(44-30)51-20-33(34,35)36/h9-14,18,25H,2-8,15-17,19-20H2,1H3,(H,42,46)(H4,37,38,39)(H2,40,41,43,44,45). The third-order valence-electron chi connectivity index (χ3n) is 7.22. The highest BCUT2D eigenvalue weighted by Gasteiger charge is 2.29. The number of nitrogens with two attached hydrogens (primary N) is 2. The van der Waals surface area contributed by atoms with Gasteiger partial charge in [0.2, 0.25) is 11.9 Å². The van der Waals surface area contributed by atoms with Crippen LogP contribution in [-0.2, 0) is 16.1 Å². The van der Waals surface area contributed by atoms with Crippen LogP contribution in [0.2, 0.25) is 0 Å². The van der Waals surface area contributed by atoms with Gasteiger partial charge in [-0.2, -0.15) is 28.1 Å². The summed E-state index contributed by atoms with van der Waals surface area (Å²) in [6.07, 6.45) is -0.801. The molecule has 0 saturated carbocycles. The zero-order chi connectivity index (χ0) is 36.6. The number of amides is 1. The zero-order valence-corrected chi connectivity index (χ0v) is 28.1.